The highest BCUT2D eigenvalue weighted by Crippen LogP contribution is 2.21. The molecule has 1 saturated heterocycles. The van der Waals surface area contributed by atoms with E-state index in [0.717, 1.165) is 19.4 Å². The molecule has 0 bridgehead atoms. The largest absolute Gasteiger partial charge is 0.481 e. The maximum atomic E-state index is 12.1. The van der Waals surface area contributed by atoms with E-state index in [0.29, 0.717) is 31.3 Å². The first-order valence-corrected chi connectivity index (χ1v) is 8.52. The van der Waals surface area contributed by atoms with Crippen LogP contribution < -0.4 is 5.32 Å². The molecule has 1 amide bonds. The van der Waals surface area contributed by atoms with Gasteiger partial charge in [0.1, 0.15) is 0 Å². The number of amides is 1. The van der Waals surface area contributed by atoms with Gasteiger partial charge >= 0.3 is 5.97 Å². The maximum Gasteiger partial charge on any atom is 0.307 e. The number of piperidine rings is 1. The van der Waals surface area contributed by atoms with E-state index >= 15 is 0 Å². The summed E-state index contributed by atoms with van der Waals surface area (Å²) in [4.78, 5) is 25.2. The van der Waals surface area contributed by atoms with Crippen molar-refractivity contribution in [3.05, 3.63) is 0 Å². The van der Waals surface area contributed by atoms with Crippen molar-refractivity contribution in [1.82, 2.24) is 10.2 Å². The lowest BCUT2D eigenvalue weighted by Crippen LogP contribution is -2.48. The zero-order valence-electron chi connectivity index (χ0n) is 14.5. The number of carboxylic acid groups (broad SMARTS) is 1. The van der Waals surface area contributed by atoms with Crippen molar-refractivity contribution in [3.63, 3.8) is 0 Å². The number of carbonyl (C=O) groups excluding carboxylic acids is 1. The fraction of sp³-hybridized carbons (Fsp3) is 0.882. The first-order valence-electron chi connectivity index (χ1n) is 8.52. The topological polar surface area (TPSA) is 69.6 Å². The minimum absolute atomic E-state index is 0.00952. The third-order valence-corrected chi connectivity index (χ3v) is 4.28. The number of rotatable bonds is 8. The second-order valence-electron chi connectivity index (χ2n) is 7.36. The summed E-state index contributed by atoms with van der Waals surface area (Å²) in [7, 11) is 0. The SMILES string of the molecule is CC(C)CCCC(C)NC(=O)CN1CC(C)CC(C(=O)O)C1. The third kappa shape index (κ3) is 7.25. The molecule has 0 aliphatic carbocycles. The van der Waals surface area contributed by atoms with E-state index in [4.69, 9.17) is 5.11 Å². The molecule has 5 nitrogen and oxygen atoms in total. The Balaban J connectivity index is 2.32. The van der Waals surface area contributed by atoms with Crippen LogP contribution >= 0.6 is 0 Å². The summed E-state index contributed by atoms with van der Waals surface area (Å²) in [6.07, 6.45) is 4.02. The average molecular weight is 312 g/mol. The maximum absolute atomic E-state index is 12.1. The van der Waals surface area contributed by atoms with Crippen LogP contribution in [0.2, 0.25) is 0 Å². The monoisotopic (exact) mass is 312 g/mol. The standard InChI is InChI=1S/C17H32N2O3/c1-12(2)6-5-7-14(4)18-16(20)11-19-9-13(3)8-15(10-19)17(21)22/h12-15H,5-11H2,1-4H3,(H,18,20)(H,21,22). The number of aliphatic carboxylic acids is 1. The van der Waals surface area contributed by atoms with Gasteiger partial charge in [0.05, 0.1) is 12.5 Å². The Morgan fingerprint density at radius 3 is 2.50 bits per heavy atom. The van der Waals surface area contributed by atoms with E-state index in [9.17, 15) is 9.59 Å². The first-order chi connectivity index (χ1) is 10.3. The number of nitrogens with zero attached hydrogens (tertiary/aromatic N) is 1. The van der Waals surface area contributed by atoms with Crippen molar-refractivity contribution in [3.8, 4) is 0 Å². The van der Waals surface area contributed by atoms with Gasteiger partial charge in [-0.1, -0.05) is 33.6 Å². The van der Waals surface area contributed by atoms with Crippen LogP contribution in [-0.2, 0) is 9.59 Å². The average Bonchev–Trinajstić information content (AvgIpc) is 2.36. The van der Waals surface area contributed by atoms with Gasteiger partial charge in [0, 0.05) is 19.1 Å². The van der Waals surface area contributed by atoms with E-state index in [1.54, 1.807) is 0 Å². The molecule has 0 aromatic carbocycles. The first kappa shape index (κ1) is 18.9. The molecule has 0 spiro atoms. The van der Waals surface area contributed by atoms with Gasteiger partial charge < -0.3 is 10.4 Å². The lowest BCUT2D eigenvalue weighted by molar-refractivity contribution is -0.145. The summed E-state index contributed by atoms with van der Waals surface area (Å²) in [5.41, 5.74) is 0. The molecule has 22 heavy (non-hydrogen) atoms. The molecule has 1 aliphatic heterocycles. The number of nitrogens with one attached hydrogen (secondary N) is 1. The molecular formula is C17H32N2O3. The smallest absolute Gasteiger partial charge is 0.307 e. The normalized spacial score (nSPS) is 24.2. The van der Waals surface area contributed by atoms with Gasteiger partial charge in [0.25, 0.3) is 0 Å². The molecule has 1 fully saturated rings. The number of hydrogen-bond acceptors (Lipinski definition) is 3. The van der Waals surface area contributed by atoms with Gasteiger partial charge in [-0.3, -0.25) is 14.5 Å². The van der Waals surface area contributed by atoms with Crippen LogP contribution in [0.3, 0.4) is 0 Å². The second kappa shape index (κ2) is 9.13. The summed E-state index contributed by atoms with van der Waals surface area (Å²) in [5, 5.41) is 12.2. The number of hydrogen-bond donors (Lipinski definition) is 2. The predicted molar refractivity (Wildman–Crippen MR) is 87.6 cm³/mol. The molecule has 5 heteroatoms. The highest BCUT2D eigenvalue weighted by atomic mass is 16.4. The van der Waals surface area contributed by atoms with Gasteiger partial charge in [0.2, 0.25) is 5.91 Å². The number of carboxylic acids is 1. The molecule has 2 N–H and O–H groups in total. The Labute approximate surface area is 134 Å². The summed E-state index contributed by atoms with van der Waals surface area (Å²) in [6.45, 7) is 10.1. The van der Waals surface area contributed by atoms with E-state index in [1.165, 1.54) is 6.42 Å². The minimum atomic E-state index is -0.751. The third-order valence-electron chi connectivity index (χ3n) is 4.28. The predicted octanol–water partition coefficient (Wildman–Crippen LogP) is 2.36. The van der Waals surface area contributed by atoms with Crippen molar-refractivity contribution >= 4 is 11.9 Å². The van der Waals surface area contributed by atoms with Crippen molar-refractivity contribution in [2.75, 3.05) is 19.6 Å². The van der Waals surface area contributed by atoms with Crippen LogP contribution in [0.5, 0.6) is 0 Å². The Morgan fingerprint density at radius 1 is 1.23 bits per heavy atom. The lowest BCUT2D eigenvalue weighted by atomic mass is 9.90. The van der Waals surface area contributed by atoms with E-state index in [2.05, 4.69) is 26.1 Å². The lowest BCUT2D eigenvalue weighted by Gasteiger charge is -2.34. The van der Waals surface area contributed by atoms with Crippen LogP contribution in [0, 0.1) is 17.8 Å². The van der Waals surface area contributed by atoms with Crippen molar-refractivity contribution in [1.29, 1.82) is 0 Å². The van der Waals surface area contributed by atoms with Crippen molar-refractivity contribution in [2.24, 2.45) is 17.8 Å². The van der Waals surface area contributed by atoms with E-state index in [1.807, 2.05) is 11.8 Å². The van der Waals surface area contributed by atoms with Gasteiger partial charge in [-0.15, -0.1) is 0 Å². The van der Waals surface area contributed by atoms with Crippen molar-refractivity contribution in [2.45, 2.75) is 59.4 Å². The molecule has 3 atom stereocenters. The van der Waals surface area contributed by atoms with Crippen LogP contribution in [0.25, 0.3) is 0 Å². The van der Waals surface area contributed by atoms with Crippen LogP contribution in [-0.4, -0.2) is 47.6 Å². The van der Waals surface area contributed by atoms with Gasteiger partial charge in [-0.05, 0) is 31.6 Å². The van der Waals surface area contributed by atoms with Gasteiger partial charge in [0.15, 0.2) is 0 Å². The number of likely N-dealkylation sites (tertiary alicyclic amines) is 1. The van der Waals surface area contributed by atoms with E-state index < -0.39 is 5.97 Å². The fourth-order valence-electron chi connectivity index (χ4n) is 3.20. The highest BCUT2D eigenvalue weighted by molar-refractivity contribution is 5.78. The zero-order valence-corrected chi connectivity index (χ0v) is 14.5. The Morgan fingerprint density at radius 2 is 1.91 bits per heavy atom. The number of carbonyl (C=O) groups is 2. The molecule has 0 saturated carbocycles. The van der Waals surface area contributed by atoms with E-state index in [-0.39, 0.29) is 17.9 Å². The summed E-state index contributed by atoms with van der Waals surface area (Å²) >= 11 is 0. The molecule has 3 unspecified atom stereocenters. The molecule has 1 rings (SSSR count). The van der Waals surface area contributed by atoms with Gasteiger partial charge in [-0.2, -0.15) is 0 Å². The summed E-state index contributed by atoms with van der Waals surface area (Å²) < 4.78 is 0. The Kier molecular flexibility index (Phi) is 7.87. The highest BCUT2D eigenvalue weighted by Gasteiger charge is 2.30. The molecule has 0 aromatic heterocycles. The van der Waals surface area contributed by atoms with Crippen LogP contribution in [0.4, 0.5) is 0 Å². The zero-order chi connectivity index (χ0) is 16.7. The van der Waals surface area contributed by atoms with Crippen LogP contribution in [0.1, 0.15) is 53.4 Å². The molecule has 128 valence electrons. The van der Waals surface area contributed by atoms with Gasteiger partial charge in [-0.25, -0.2) is 0 Å². The molecular weight excluding hydrogens is 280 g/mol. The molecule has 1 aliphatic rings. The Hall–Kier alpha value is -1.10. The minimum Gasteiger partial charge on any atom is -0.481 e. The fourth-order valence-corrected chi connectivity index (χ4v) is 3.20. The summed E-state index contributed by atoms with van der Waals surface area (Å²) in [5.74, 6) is -0.0638. The second-order valence-corrected chi connectivity index (χ2v) is 7.36. The molecule has 1 heterocycles. The quantitative estimate of drug-likeness (QED) is 0.722. The molecule has 0 radical (unpaired) electrons. The molecule has 0 aromatic rings. The van der Waals surface area contributed by atoms with Crippen molar-refractivity contribution < 1.29 is 14.7 Å². The van der Waals surface area contributed by atoms with Crippen LogP contribution in [0.15, 0.2) is 0 Å². The Bertz CT molecular complexity index is 371. The summed E-state index contributed by atoms with van der Waals surface area (Å²) in [6, 6.07) is 0.184.